The third kappa shape index (κ3) is 4.95. The van der Waals surface area contributed by atoms with Crippen molar-refractivity contribution in [3.8, 4) is 17.7 Å². The van der Waals surface area contributed by atoms with Crippen molar-refractivity contribution in [1.82, 2.24) is 20.4 Å². The predicted molar refractivity (Wildman–Crippen MR) is 112 cm³/mol. The number of aliphatic hydroxyl groups is 1. The molecule has 1 aliphatic heterocycles. The molecule has 3 aromatic rings. The number of anilines is 1. The summed E-state index contributed by atoms with van der Waals surface area (Å²) in [5, 5.41) is 34.2. The Morgan fingerprint density at radius 2 is 1.71 bits per heavy atom. The van der Waals surface area contributed by atoms with Crippen LogP contribution in [0.25, 0.3) is 11.6 Å². The molecule has 182 valence electrons. The predicted octanol–water partition coefficient (Wildman–Crippen LogP) is 5.03. The topological polar surface area (TPSA) is 112 Å². The Morgan fingerprint density at radius 3 is 2.26 bits per heavy atom. The molecule has 8 nitrogen and oxygen atoms in total. The molecule has 1 aromatic carbocycles. The van der Waals surface area contributed by atoms with Crippen molar-refractivity contribution >= 4 is 16.0 Å². The van der Waals surface area contributed by atoms with Gasteiger partial charge < -0.3 is 14.4 Å². The first kappa shape index (κ1) is 23.8. The zero-order valence-corrected chi connectivity index (χ0v) is 18.4. The van der Waals surface area contributed by atoms with Gasteiger partial charge >= 0.3 is 10.2 Å². The molecule has 14 heteroatoms. The summed E-state index contributed by atoms with van der Waals surface area (Å²) >= 11 is 0. The summed E-state index contributed by atoms with van der Waals surface area (Å²) in [6.07, 6.45) is -0.121. The van der Waals surface area contributed by atoms with E-state index in [1.54, 1.807) is 17.0 Å². The Balaban J connectivity index is 1.49. The van der Waals surface area contributed by atoms with Crippen LogP contribution in [0.3, 0.4) is 0 Å². The third-order valence-corrected chi connectivity index (χ3v) is 6.90. The van der Waals surface area contributed by atoms with Gasteiger partial charge in [-0.3, -0.25) is 0 Å². The maximum absolute atomic E-state index is 13.5. The van der Waals surface area contributed by atoms with Crippen molar-refractivity contribution in [3.63, 3.8) is 0 Å². The highest BCUT2D eigenvalue weighted by atomic mass is 32.5. The van der Waals surface area contributed by atoms with Gasteiger partial charge in [0.05, 0.1) is 11.5 Å². The van der Waals surface area contributed by atoms with E-state index in [4.69, 9.17) is 9.52 Å². The van der Waals surface area contributed by atoms with E-state index in [-0.39, 0.29) is 43.4 Å². The van der Waals surface area contributed by atoms with Crippen LogP contribution in [0.4, 0.5) is 25.2 Å². The fourth-order valence-electron chi connectivity index (χ4n) is 3.91. The lowest BCUT2D eigenvalue weighted by atomic mass is 9.75. The molecule has 34 heavy (non-hydrogen) atoms. The number of benzene rings is 1. The van der Waals surface area contributed by atoms with E-state index in [2.05, 4.69) is 26.5 Å². The van der Waals surface area contributed by atoms with Gasteiger partial charge in [0.2, 0.25) is 5.89 Å². The fourth-order valence-corrected chi connectivity index (χ4v) is 4.88. The smallest absolute Gasteiger partial charge is 0.310 e. The molecular weight excluding hydrogens is 483 g/mol. The molecule has 0 atom stereocenters. The van der Waals surface area contributed by atoms with Crippen LogP contribution in [0.5, 0.6) is 0 Å². The molecular formula is C20H19F5N6O2S. The Bertz CT molecular complexity index is 1240. The fraction of sp³-hybridized carbons (Fsp3) is 0.350. The van der Waals surface area contributed by atoms with E-state index in [1.807, 2.05) is 0 Å². The van der Waals surface area contributed by atoms with Crippen LogP contribution >= 0.6 is 10.2 Å². The molecule has 1 aliphatic rings. The van der Waals surface area contributed by atoms with Crippen molar-refractivity contribution in [1.29, 1.82) is 5.26 Å². The van der Waals surface area contributed by atoms with Crippen LogP contribution in [0.2, 0.25) is 0 Å². The number of piperidine rings is 1. The summed E-state index contributed by atoms with van der Waals surface area (Å²) in [7, 11) is -9.90. The summed E-state index contributed by atoms with van der Waals surface area (Å²) in [4.78, 5) is -0.137. The first-order valence-corrected chi connectivity index (χ1v) is 12.0. The van der Waals surface area contributed by atoms with Crippen LogP contribution < -0.4 is 4.90 Å². The molecule has 2 aromatic heterocycles. The van der Waals surface area contributed by atoms with E-state index in [1.165, 1.54) is 6.07 Å². The molecule has 0 unspecified atom stereocenters. The molecule has 4 rings (SSSR count). The highest BCUT2D eigenvalue weighted by molar-refractivity contribution is 8.45. The first-order chi connectivity index (χ1) is 15.8. The van der Waals surface area contributed by atoms with Crippen LogP contribution in [0.1, 0.15) is 24.3 Å². The highest BCUT2D eigenvalue weighted by Crippen LogP contribution is 3.02. The largest absolute Gasteiger partial charge is 0.417 e. The molecule has 0 saturated carbocycles. The van der Waals surface area contributed by atoms with Gasteiger partial charge in [0, 0.05) is 13.1 Å². The van der Waals surface area contributed by atoms with Crippen molar-refractivity contribution in [2.75, 3.05) is 18.0 Å². The van der Waals surface area contributed by atoms with Crippen LogP contribution in [-0.4, -0.2) is 38.6 Å². The summed E-state index contributed by atoms with van der Waals surface area (Å²) in [6.45, 7) is 0.129. The molecule has 1 saturated heterocycles. The molecule has 0 bridgehead atoms. The maximum Gasteiger partial charge on any atom is 0.310 e. The Morgan fingerprint density at radius 1 is 1.00 bits per heavy atom. The van der Waals surface area contributed by atoms with Gasteiger partial charge in [-0.25, -0.2) is 0 Å². The second-order valence-electron chi connectivity index (χ2n) is 8.07. The number of hydrogen-bond donors (Lipinski definition) is 1. The average Bonchev–Trinajstić information content (AvgIpc) is 3.28. The maximum atomic E-state index is 13.5. The Kier molecular flexibility index (Phi) is 5.33. The van der Waals surface area contributed by atoms with Crippen molar-refractivity contribution in [3.05, 3.63) is 47.9 Å². The zero-order chi connectivity index (χ0) is 24.7. The second kappa shape index (κ2) is 7.60. The van der Waals surface area contributed by atoms with Crippen LogP contribution in [-0.2, 0) is 13.0 Å². The SMILES string of the molecule is N#CC1(Cc2ccccc2S(F)(F)(F)(F)F)CCN(c2ccc(-c3nnc(CO)o3)nn2)CC1. The van der Waals surface area contributed by atoms with Gasteiger partial charge in [0.25, 0.3) is 5.89 Å². The normalized spacial score (nSPS) is 18.1. The monoisotopic (exact) mass is 502 g/mol. The van der Waals surface area contributed by atoms with Crippen LogP contribution in [0, 0.1) is 16.7 Å². The summed E-state index contributed by atoms with van der Waals surface area (Å²) in [6, 6.07) is 8.83. The van der Waals surface area contributed by atoms with Gasteiger partial charge in [0.15, 0.2) is 5.82 Å². The lowest BCUT2D eigenvalue weighted by molar-refractivity contribution is 0.241. The lowest BCUT2D eigenvalue weighted by Crippen LogP contribution is -2.41. The Labute approximate surface area is 190 Å². The molecule has 0 amide bonds. The van der Waals surface area contributed by atoms with E-state index in [9.17, 15) is 24.7 Å². The number of halogens is 5. The Hall–Kier alpha value is -3.31. The van der Waals surface area contributed by atoms with E-state index < -0.39 is 39.1 Å². The number of nitrogens with zero attached hydrogens (tertiary/aromatic N) is 6. The number of aliphatic hydroxyl groups excluding tert-OH is 1. The van der Waals surface area contributed by atoms with E-state index in [0.29, 0.717) is 11.9 Å². The van der Waals surface area contributed by atoms with Crippen molar-refractivity contribution in [2.24, 2.45) is 5.41 Å². The summed E-state index contributed by atoms with van der Waals surface area (Å²) < 4.78 is 72.8. The van der Waals surface area contributed by atoms with E-state index >= 15 is 0 Å². The van der Waals surface area contributed by atoms with Gasteiger partial charge in [-0.1, -0.05) is 37.6 Å². The molecule has 1 fully saturated rings. The quantitative estimate of drug-likeness (QED) is 0.467. The summed E-state index contributed by atoms with van der Waals surface area (Å²) in [5.41, 5.74) is -1.53. The van der Waals surface area contributed by atoms with Gasteiger partial charge in [0.1, 0.15) is 17.2 Å². The van der Waals surface area contributed by atoms with Crippen LogP contribution in [0.15, 0.2) is 45.7 Å². The molecule has 0 radical (unpaired) electrons. The van der Waals surface area contributed by atoms with Crippen molar-refractivity contribution in [2.45, 2.75) is 30.8 Å². The van der Waals surface area contributed by atoms with Gasteiger partial charge in [-0.05, 0) is 43.0 Å². The van der Waals surface area contributed by atoms with E-state index in [0.717, 1.165) is 12.1 Å². The number of rotatable bonds is 6. The van der Waals surface area contributed by atoms with Gasteiger partial charge in [-0.2, -0.15) is 5.26 Å². The second-order valence-corrected chi connectivity index (χ2v) is 10.4. The molecule has 0 spiro atoms. The third-order valence-electron chi connectivity index (χ3n) is 5.67. The lowest BCUT2D eigenvalue weighted by Gasteiger charge is -2.43. The van der Waals surface area contributed by atoms with Crippen molar-refractivity contribution < 1.29 is 29.0 Å². The number of aromatic nitrogens is 4. The highest BCUT2D eigenvalue weighted by Gasteiger charge is 2.66. The zero-order valence-electron chi connectivity index (χ0n) is 17.5. The minimum atomic E-state index is -9.90. The molecule has 1 N–H and O–H groups in total. The minimum Gasteiger partial charge on any atom is -0.417 e. The average molecular weight is 502 g/mol. The number of hydrogen-bond acceptors (Lipinski definition) is 8. The first-order valence-electron chi connectivity index (χ1n) is 10.1. The summed E-state index contributed by atoms with van der Waals surface area (Å²) in [5.74, 6) is 0.564. The molecule has 3 heterocycles. The van der Waals surface area contributed by atoms with Gasteiger partial charge in [-0.15, -0.1) is 20.4 Å². The standard InChI is InChI=1S/C20H19F5N6O2S/c21-34(22,23,24,25)16-4-2-1-3-14(16)11-20(13-26)7-9-31(10-8-20)17-6-5-15(27-28-17)19-30-29-18(12-32)33-19/h1-6,32H,7-12H2. The minimum absolute atomic E-state index is 0.0245. The number of nitriles is 1. The molecule has 0 aliphatic carbocycles.